The molecule has 0 aliphatic rings. The first-order valence-electron chi connectivity index (χ1n) is 6.81. The minimum absolute atomic E-state index is 0.196. The van der Waals surface area contributed by atoms with Crippen molar-refractivity contribution in [1.29, 1.82) is 5.26 Å². The van der Waals surface area contributed by atoms with Crippen LogP contribution in [0.25, 0.3) is 0 Å². The summed E-state index contributed by atoms with van der Waals surface area (Å²) in [5, 5.41) is 11.9. The highest BCUT2D eigenvalue weighted by atomic mass is 79.9. The summed E-state index contributed by atoms with van der Waals surface area (Å²) in [7, 11) is 0. The van der Waals surface area contributed by atoms with Gasteiger partial charge in [0.2, 0.25) is 5.91 Å². The number of rotatable bonds is 6. The fourth-order valence-electron chi connectivity index (χ4n) is 1.89. The molecule has 2 rings (SSSR count). The number of carbonyl (C=O) groups is 1. The summed E-state index contributed by atoms with van der Waals surface area (Å²) in [5.74, 6) is 0.501. The predicted octanol–water partition coefficient (Wildman–Crippen LogP) is 3.60. The van der Waals surface area contributed by atoms with Gasteiger partial charge in [0.15, 0.2) is 0 Å². The van der Waals surface area contributed by atoms with E-state index in [1.165, 1.54) is 0 Å². The molecule has 1 amide bonds. The molecule has 0 aliphatic heterocycles. The van der Waals surface area contributed by atoms with E-state index in [0.717, 1.165) is 15.8 Å². The van der Waals surface area contributed by atoms with Crippen molar-refractivity contribution in [3.05, 3.63) is 64.6 Å². The van der Waals surface area contributed by atoms with Crippen LogP contribution in [-0.4, -0.2) is 12.5 Å². The van der Waals surface area contributed by atoms with E-state index >= 15 is 0 Å². The molecule has 0 saturated carbocycles. The van der Waals surface area contributed by atoms with Crippen molar-refractivity contribution in [2.45, 2.75) is 12.5 Å². The minimum Gasteiger partial charge on any atom is -0.493 e. The third kappa shape index (κ3) is 4.90. The second kappa shape index (κ2) is 8.20. The number of carbonyl (C=O) groups excluding carboxylic acids is 1. The number of nitriles is 1. The van der Waals surface area contributed by atoms with Crippen LogP contribution in [0.3, 0.4) is 0 Å². The van der Waals surface area contributed by atoms with Crippen molar-refractivity contribution < 1.29 is 9.53 Å². The van der Waals surface area contributed by atoms with Gasteiger partial charge in [-0.15, -0.1) is 0 Å². The van der Waals surface area contributed by atoms with Crippen LogP contribution in [0.4, 0.5) is 0 Å². The Morgan fingerprint density at radius 1 is 1.23 bits per heavy atom. The van der Waals surface area contributed by atoms with Gasteiger partial charge in [0.25, 0.3) is 0 Å². The van der Waals surface area contributed by atoms with Gasteiger partial charge in [0.05, 0.1) is 19.1 Å². The molecule has 22 heavy (non-hydrogen) atoms. The van der Waals surface area contributed by atoms with Gasteiger partial charge in [-0.25, -0.2) is 0 Å². The molecule has 1 atom stereocenters. The Kier molecular flexibility index (Phi) is 5.99. The minimum atomic E-state index is -0.665. The fourth-order valence-corrected chi connectivity index (χ4v) is 2.30. The summed E-state index contributed by atoms with van der Waals surface area (Å²) in [5.41, 5.74) is 0.745. The molecule has 0 radical (unpaired) electrons. The molecule has 0 aromatic heterocycles. The number of hydrogen-bond acceptors (Lipinski definition) is 3. The highest BCUT2D eigenvalue weighted by Crippen LogP contribution is 2.18. The van der Waals surface area contributed by atoms with E-state index in [1.54, 1.807) is 6.07 Å². The van der Waals surface area contributed by atoms with E-state index in [1.807, 2.05) is 48.5 Å². The van der Waals surface area contributed by atoms with Gasteiger partial charge in [-0.05, 0) is 29.8 Å². The zero-order chi connectivity index (χ0) is 15.8. The number of halogens is 1. The van der Waals surface area contributed by atoms with Gasteiger partial charge < -0.3 is 10.1 Å². The second-order valence-corrected chi connectivity index (χ2v) is 5.51. The van der Waals surface area contributed by atoms with Crippen LogP contribution in [-0.2, 0) is 4.79 Å². The highest BCUT2D eigenvalue weighted by Gasteiger charge is 2.14. The molecular weight excluding hydrogens is 344 g/mol. The standard InChI is InChI=1S/C17H15BrN2O2/c18-14-6-4-5-13(11-14)16(12-19)20-17(21)9-10-22-15-7-2-1-3-8-15/h1-8,11,16H,9-10H2,(H,20,21). The zero-order valence-corrected chi connectivity index (χ0v) is 13.4. The lowest BCUT2D eigenvalue weighted by molar-refractivity contribution is -0.122. The van der Waals surface area contributed by atoms with Gasteiger partial charge in [0.1, 0.15) is 11.8 Å². The Bertz CT molecular complexity index is 668. The molecule has 112 valence electrons. The van der Waals surface area contributed by atoms with Crippen LogP contribution in [0.2, 0.25) is 0 Å². The van der Waals surface area contributed by atoms with Crippen molar-refractivity contribution in [1.82, 2.24) is 5.32 Å². The number of para-hydroxylation sites is 1. The Hall–Kier alpha value is -2.32. The summed E-state index contributed by atoms with van der Waals surface area (Å²) in [6, 6.07) is 18.0. The van der Waals surface area contributed by atoms with E-state index in [9.17, 15) is 10.1 Å². The van der Waals surface area contributed by atoms with Crippen molar-refractivity contribution in [2.75, 3.05) is 6.61 Å². The van der Waals surface area contributed by atoms with Crippen LogP contribution >= 0.6 is 15.9 Å². The molecule has 0 heterocycles. The number of benzene rings is 2. The van der Waals surface area contributed by atoms with E-state index < -0.39 is 6.04 Å². The molecule has 1 unspecified atom stereocenters. The van der Waals surface area contributed by atoms with E-state index in [4.69, 9.17) is 4.74 Å². The summed E-state index contributed by atoms with van der Waals surface area (Å²) in [4.78, 5) is 11.9. The average molecular weight is 359 g/mol. The van der Waals surface area contributed by atoms with Crippen LogP contribution in [0.5, 0.6) is 5.75 Å². The maximum Gasteiger partial charge on any atom is 0.224 e. The van der Waals surface area contributed by atoms with Gasteiger partial charge in [0, 0.05) is 4.47 Å². The Morgan fingerprint density at radius 3 is 2.68 bits per heavy atom. The lowest BCUT2D eigenvalue weighted by atomic mass is 10.1. The predicted molar refractivity (Wildman–Crippen MR) is 87.2 cm³/mol. The molecule has 1 N–H and O–H groups in total. The average Bonchev–Trinajstić information content (AvgIpc) is 2.53. The number of nitrogens with zero attached hydrogens (tertiary/aromatic N) is 1. The monoisotopic (exact) mass is 358 g/mol. The molecule has 0 spiro atoms. The second-order valence-electron chi connectivity index (χ2n) is 4.60. The number of nitrogens with one attached hydrogen (secondary N) is 1. The quantitative estimate of drug-likeness (QED) is 0.857. The molecule has 0 aliphatic carbocycles. The third-order valence-corrected chi connectivity index (χ3v) is 3.45. The van der Waals surface area contributed by atoms with Crippen molar-refractivity contribution >= 4 is 21.8 Å². The fraction of sp³-hybridized carbons (Fsp3) is 0.176. The van der Waals surface area contributed by atoms with Crippen LogP contribution in [0, 0.1) is 11.3 Å². The van der Waals surface area contributed by atoms with Crippen LogP contribution < -0.4 is 10.1 Å². The summed E-state index contributed by atoms with van der Waals surface area (Å²) in [6.45, 7) is 0.270. The smallest absolute Gasteiger partial charge is 0.224 e. The lowest BCUT2D eigenvalue weighted by Crippen LogP contribution is -2.28. The van der Waals surface area contributed by atoms with Crippen molar-refractivity contribution in [3.8, 4) is 11.8 Å². The highest BCUT2D eigenvalue weighted by molar-refractivity contribution is 9.10. The third-order valence-electron chi connectivity index (χ3n) is 2.96. The first kappa shape index (κ1) is 16.1. The van der Waals surface area contributed by atoms with Crippen LogP contribution in [0.15, 0.2) is 59.1 Å². The first-order valence-corrected chi connectivity index (χ1v) is 7.60. The molecule has 2 aromatic carbocycles. The van der Waals surface area contributed by atoms with Gasteiger partial charge >= 0.3 is 0 Å². The topological polar surface area (TPSA) is 62.1 Å². The maximum absolute atomic E-state index is 11.9. The van der Waals surface area contributed by atoms with E-state index in [0.29, 0.717) is 0 Å². The Labute approximate surface area is 137 Å². The Balaban J connectivity index is 1.84. The van der Waals surface area contributed by atoms with E-state index in [-0.39, 0.29) is 18.9 Å². The molecule has 0 saturated heterocycles. The molecule has 4 nitrogen and oxygen atoms in total. The maximum atomic E-state index is 11.9. The number of ether oxygens (including phenoxy) is 1. The molecule has 0 bridgehead atoms. The molecule has 0 fully saturated rings. The lowest BCUT2D eigenvalue weighted by Gasteiger charge is -2.12. The number of amides is 1. The van der Waals surface area contributed by atoms with Gasteiger partial charge in [-0.2, -0.15) is 5.26 Å². The van der Waals surface area contributed by atoms with E-state index in [2.05, 4.69) is 27.3 Å². The summed E-state index contributed by atoms with van der Waals surface area (Å²) >= 11 is 3.35. The first-order chi connectivity index (χ1) is 10.7. The van der Waals surface area contributed by atoms with Crippen molar-refractivity contribution in [2.24, 2.45) is 0 Å². The summed E-state index contributed by atoms with van der Waals surface area (Å²) < 4.78 is 6.33. The van der Waals surface area contributed by atoms with Crippen LogP contribution in [0.1, 0.15) is 18.0 Å². The van der Waals surface area contributed by atoms with Crippen molar-refractivity contribution in [3.63, 3.8) is 0 Å². The largest absolute Gasteiger partial charge is 0.493 e. The Morgan fingerprint density at radius 2 is 2.00 bits per heavy atom. The molecule has 5 heteroatoms. The zero-order valence-electron chi connectivity index (χ0n) is 11.8. The summed E-state index contributed by atoms with van der Waals surface area (Å²) in [6.07, 6.45) is 0.196. The molecule has 2 aromatic rings. The number of hydrogen-bond donors (Lipinski definition) is 1. The van der Waals surface area contributed by atoms with Gasteiger partial charge in [-0.3, -0.25) is 4.79 Å². The molecular formula is C17H15BrN2O2. The van der Waals surface area contributed by atoms with Gasteiger partial charge in [-0.1, -0.05) is 46.3 Å². The SMILES string of the molecule is N#CC(NC(=O)CCOc1ccccc1)c1cccc(Br)c1. The normalized spacial score (nSPS) is 11.3.